The maximum Gasteiger partial charge on any atom is 0.257 e. The lowest BCUT2D eigenvalue weighted by Crippen LogP contribution is -2.40. The fourth-order valence-electron chi connectivity index (χ4n) is 4.21. The van der Waals surface area contributed by atoms with Crippen LogP contribution < -0.4 is 5.32 Å². The molecule has 1 aliphatic carbocycles. The highest BCUT2D eigenvalue weighted by molar-refractivity contribution is 5.95. The number of hydrogen-bond donors (Lipinski definition) is 1. The van der Waals surface area contributed by atoms with Gasteiger partial charge in [-0.15, -0.1) is 0 Å². The van der Waals surface area contributed by atoms with Crippen molar-refractivity contribution in [2.75, 3.05) is 14.1 Å². The Kier molecular flexibility index (Phi) is 6.39. The van der Waals surface area contributed by atoms with Gasteiger partial charge in [0.2, 0.25) is 0 Å². The molecule has 1 atom stereocenters. The first kappa shape index (κ1) is 20.4. The van der Waals surface area contributed by atoms with Crippen LogP contribution in [0.15, 0.2) is 42.5 Å². The van der Waals surface area contributed by atoms with Gasteiger partial charge in [-0.25, -0.2) is 13.2 Å². The minimum atomic E-state index is -1.44. The molecule has 150 valence electrons. The van der Waals surface area contributed by atoms with Crippen LogP contribution in [0.5, 0.6) is 0 Å². The van der Waals surface area contributed by atoms with Gasteiger partial charge in [0.05, 0.1) is 0 Å². The highest BCUT2D eigenvalue weighted by Crippen LogP contribution is 2.37. The normalized spacial score (nSPS) is 20.8. The molecule has 0 spiro atoms. The van der Waals surface area contributed by atoms with Gasteiger partial charge in [0.25, 0.3) is 5.91 Å². The van der Waals surface area contributed by atoms with Crippen LogP contribution in [0.1, 0.15) is 47.6 Å². The van der Waals surface area contributed by atoms with Crippen LogP contribution in [-0.2, 0) is 0 Å². The fourth-order valence-corrected chi connectivity index (χ4v) is 4.21. The first-order valence-electron chi connectivity index (χ1n) is 9.54. The second kappa shape index (κ2) is 8.78. The first-order chi connectivity index (χ1) is 13.4. The van der Waals surface area contributed by atoms with Crippen LogP contribution >= 0.6 is 0 Å². The Morgan fingerprint density at radius 1 is 0.964 bits per heavy atom. The molecule has 1 saturated carbocycles. The molecule has 0 heterocycles. The van der Waals surface area contributed by atoms with E-state index in [2.05, 4.69) is 36.4 Å². The lowest BCUT2D eigenvalue weighted by molar-refractivity contribution is 0.0897. The Hall–Kier alpha value is -2.34. The van der Waals surface area contributed by atoms with Gasteiger partial charge in [-0.1, -0.05) is 30.3 Å². The minimum absolute atomic E-state index is 0.176. The van der Waals surface area contributed by atoms with E-state index in [1.54, 1.807) is 0 Å². The largest absolute Gasteiger partial charge is 0.349 e. The number of nitrogens with zero attached hydrogens (tertiary/aromatic N) is 1. The molecule has 28 heavy (non-hydrogen) atoms. The molecule has 0 radical (unpaired) electrons. The summed E-state index contributed by atoms with van der Waals surface area (Å²) in [5.74, 6) is -4.20. The van der Waals surface area contributed by atoms with Gasteiger partial charge in [0.1, 0.15) is 11.4 Å². The van der Waals surface area contributed by atoms with Crippen molar-refractivity contribution in [2.45, 2.75) is 37.8 Å². The summed E-state index contributed by atoms with van der Waals surface area (Å²) >= 11 is 0. The van der Waals surface area contributed by atoms with Gasteiger partial charge in [0.15, 0.2) is 11.6 Å². The van der Waals surface area contributed by atoms with Crippen LogP contribution in [0.3, 0.4) is 0 Å². The first-order valence-corrected chi connectivity index (χ1v) is 9.54. The maximum absolute atomic E-state index is 13.8. The Labute approximate surface area is 163 Å². The molecule has 0 aromatic heterocycles. The number of carbonyl (C=O) groups excluding carboxylic acids is 1. The standard InChI is InChI=1S/C22H25F3N2O/c1-27(2)21(14-6-4-3-5-7-14)15-8-10-16(11-9-15)26-22(28)19-17(23)12-13-18(24)20(19)25/h3-7,12-13,15-16,21H,8-11H2,1-2H3,(H,26,28). The number of benzene rings is 2. The van der Waals surface area contributed by atoms with Gasteiger partial charge in [-0.2, -0.15) is 0 Å². The number of nitrogens with one attached hydrogen (secondary N) is 1. The van der Waals surface area contributed by atoms with E-state index in [1.165, 1.54) is 5.56 Å². The van der Waals surface area contributed by atoms with Crippen molar-refractivity contribution >= 4 is 5.91 Å². The topological polar surface area (TPSA) is 32.3 Å². The molecule has 3 rings (SSSR count). The molecular weight excluding hydrogens is 365 g/mol. The van der Waals surface area contributed by atoms with Crippen LogP contribution in [0.25, 0.3) is 0 Å². The Morgan fingerprint density at radius 2 is 1.57 bits per heavy atom. The highest BCUT2D eigenvalue weighted by Gasteiger charge is 2.31. The summed E-state index contributed by atoms with van der Waals surface area (Å²) in [6.07, 6.45) is 3.20. The van der Waals surface area contributed by atoms with E-state index in [0.29, 0.717) is 24.8 Å². The lowest BCUT2D eigenvalue weighted by atomic mass is 9.78. The maximum atomic E-state index is 13.8. The third kappa shape index (κ3) is 4.38. The average molecular weight is 390 g/mol. The summed E-state index contributed by atoms with van der Waals surface area (Å²) in [5.41, 5.74) is 0.404. The smallest absolute Gasteiger partial charge is 0.257 e. The third-order valence-electron chi connectivity index (χ3n) is 5.52. The molecule has 1 amide bonds. The van der Waals surface area contributed by atoms with E-state index >= 15 is 0 Å². The molecule has 1 N–H and O–H groups in total. The summed E-state index contributed by atoms with van der Waals surface area (Å²) < 4.78 is 41.0. The molecule has 1 unspecified atom stereocenters. The Bertz CT molecular complexity index is 818. The van der Waals surface area contributed by atoms with Crippen LogP contribution in [-0.4, -0.2) is 30.9 Å². The zero-order valence-electron chi connectivity index (χ0n) is 16.1. The lowest BCUT2D eigenvalue weighted by Gasteiger charge is -2.37. The van der Waals surface area contributed by atoms with Crippen molar-refractivity contribution < 1.29 is 18.0 Å². The van der Waals surface area contributed by atoms with E-state index in [1.807, 2.05) is 18.2 Å². The zero-order chi connectivity index (χ0) is 20.3. The van der Waals surface area contributed by atoms with E-state index in [4.69, 9.17) is 0 Å². The van der Waals surface area contributed by atoms with Crippen LogP contribution in [0.2, 0.25) is 0 Å². The van der Waals surface area contributed by atoms with E-state index in [0.717, 1.165) is 18.9 Å². The third-order valence-corrected chi connectivity index (χ3v) is 5.52. The fraction of sp³-hybridized carbons (Fsp3) is 0.409. The van der Waals surface area contributed by atoms with Gasteiger partial charge >= 0.3 is 0 Å². The summed E-state index contributed by atoms with van der Waals surface area (Å²) in [4.78, 5) is 14.5. The van der Waals surface area contributed by atoms with E-state index in [-0.39, 0.29) is 12.1 Å². The summed E-state index contributed by atoms with van der Waals surface area (Å²) in [7, 11) is 4.11. The minimum Gasteiger partial charge on any atom is -0.349 e. The zero-order valence-corrected chi connectivity index (χ0v) is 16.1. The number of halogens is 3. The predicted molar refractivity (Wildman–Crippen MR) is 102 cm³/mol. The van der Waals surface area contributed by atoms with Crippen molar-refractivity contribution in [3.63, 3.8) is 0 Å². The molecule has 2 aromatic rings. The molecule has 6 heteroatoms. The summed E-state index contributed by atoms with van der Waals surface area (Å²) in [5, 5.41) is 2.67. The SMILES string of the molecule is CN(C)C(c1ccccc1)C1CCC(NC(=O)c2c(F)ccc(F)c2F)CC1. The van der Waals surface area contributed by atoms with E-state index < -0.39 is 28.9 Å². The van der Waals surface area contributed by atoms with Gasteiger partial charge in [-0.3, -0.25) is 4.79 Å². The van der Waals surface area contributed by atoms with Crippen LogP contribution in [0.4, 0.5) is 13.2 Å². The number of amides is 1. The molecular formula is C22H25F3N2O. The Balaban J connectivity index is 1.64. The molecule has 3 nitrogen and oxygen atoms in total. The second-order valence-electron chi connectivity index (χ2n) is 7.62. The predicted octanol–water partition coefficient (Wildman–Crippen LogP) is 4.70. The Morgan fingerprint density at radius 3 is 2.18 bits per heavy atom. The van der Waals surface area contributed by atoms with Crippen molar-refractivity contribution in [1.82, 2.24) is 10.2 Å². The van der Waals surface area contributed by atoms with Crippen molar-refractivity contribution in [3.8, 4) is 0 Å². The molecule has 0 saturated heterocycles. The van der Waals surface area contributed by atoms with Crippen molar-refractivity contribution in [2.24, 2.45) is 5.92 Å². The molecule has 1 aliphatic rings. The van der Waals surface area contributed by atoms with Gasteiger partial charge in [-0.05, 0) is 63.4 Å². The van der Waals surface area contributed by atoms with Crippen LogP contribution in [0, 0.1) is 23.4 Å². The molecule has 0 aliphatic heterocycles. The van der Waals surface area contributed by atoms with Gasteiger partial charge in [0, 0.05) is 12.1 Å². The average Bonchev–Trinajstić information content (AvgIpc) is 2.67. The van der Waals surface area contributed by atoms with E-state index in [9.17, 15) is 18.0 Å². The monoisotopic (exact) mass is 390 g/mol. The van der Waals surface area contributed by atoms with Crippen molar-refractivity contribution in [1.29, 1.82) is 0 Å². The molecule has 1 fully saturated rings. The quantitative estimate of drug-likeness (QED) is 0.751. The highest BCUT2D eigenvalue weighted by atomic mass is 19.2. The van der Waals surface area contributed by atoms with Gasteiger partial charge < -0.3 is 10.2 Å². The number of rotatable bonds is 5. The number of hydrogen-bond acceptors (Lipinski definition) is 2. The summed E-state index contributed by atoms with van der Waals surface area (Å²) in [6.45, 7) is 0. The number of carbonyl (C=O) groups is 1. The van der Waals surface area contributed by atoms with Crippen molar-refractivity contribution in [3.05, 3.63) is 71.0 Å². The molecule has 0 bridgehead atoms. The summed E-state index contributed by atoms with van der Waals surface area (Å²) in [6, 6.07) is 11.8. The second-order valence-corrected chi connectivity index (χ2v) is 7.62. The molecule has 2 aromatic carbocycles.